The average Bonchev–Trinajstić information content (AvgIpc) is 3.29. The first-order valence-electron chi connectivity index (χ1n) is 8.54. The topological polar surface area (TPSA) is 105 Å². The molecule has 0 spiro atoms. The number of carbonyl (C=O) groups is 3. The maximum atomic E-state index is 13.1. The largest absolute Gasteiger partial charge is 0.364 e. The van der Waals surface area contributed by atoms with Gasteiger partial charge in [0.15, 0.2) is 5.13 Å². The lowest BCUT2D eigenvalue weighted by atomic mass is 10.0. The van der Waals surface area contributed by atoms with Crippen molar-refractivity contribution in [3.63, 3.8) is 0 Å². The van der Waals surface area contributed by atoms with Crippen molar-refractivity contribution in [3.8, 4) is 0 Å². The quantitative estimate of drug-likeness (QED) is 0.696. The first-order chi connectivity index (χ1) is 13.5. The van der Waals surface area contributed by atoms with Gasteiger partial charge in [-0.3, -0.25) is 19.7 Å². The second kappa shape index (κ2) is 7.24. The molecular weight excluding hydrogens is 376 g/mol. The van der Waals surface area contributed by atoms with Gasteiger partial charge in [0.1, 0.15) is 11.7 Å². The standard InChI is InChI=1S/C20H16N4O3S/c21-17(25)15-11-28-20(22-15)23-18(26)16(12-6-2-1-3-7-12)24-10-13-8-4-5-9-14(13)19(24)27/h1-9,11,16H,10H2,(H2,21,25)(H,22,23,26)/t16-/m1/s1. The van der Waals surface area contributed by atoms with E-state index in [2.05, 4.69) is 10.3 Å². The van der Waals surface area contributed by atoms with Gasteiger partial charge in [0.2, 0.25) is 0 Å². The fourth-order valence-corrected chi connectivity index (χ4v) is 3.91. The van der Waals surface area contributed by atoms with Gasteiger partial charge in [0.25, 0.3) is 17.7 Å². The summed E-state index contributed by atoms with van der Waals surface area (Å²) in [6, 6.07) is 15.6. The molecule has 2 aromatic carbocycles. The molecule has 1 aromatic heterocycles. The van der Waals surface area contributed by atoms with Crippen molar-refractivity contribution in [1.29, 1.82) is 0 Å². The summed E-state index contributed by atoms with van der Waals surface area (Å²) in [4.78, 5) is 42.8. The van der Waals surface area contributed by atoms with Gasteiger partial charge >= 0.3 is 0 Å². The molecule has 8 heteroatoms. The number of amides is 3. The highest BCUT2D eigenvalue weighted by Gasteiger charge is 2.37. The monoisotopic (exact) mass is 392 g/mol. The Hall–Kier alpha value is -3.52. The third-order valence-electron chi connectivity index (χ3n) is 4.51. The molecular formula is C20H16N4O3S. The third kappa shape index (κ3) is 3.25. The van der Waals surface area contributed by atoms with Gasteiger partial charge in [-0.25, -0.2) is 4.98 Å². The first-order valence-corrected chi connectivity index (χ1v) is 9.42. The Morgan fingerprint density at radius 2 is 1.82 bits per heavy atom. The molecule has 0 unspecified atom stereocenters. The van der Waals surface area contributed by atoms with Crippen LogP contribution in [0.1, 0.15) is 38.0 Å². The Morgan fingerprint density at radius 1 is 1.11 bits per heavy atom. The van der Waals surface area contributed by atoms with Crippen LogP contribution in [0.25, 0.3) is 0 Å². The van der Waals surface area contributed by atoms with E-state index in [1.54, 1.807) is 24.3 Å². The number of hydrogen-bond acceptors (Lipinski definition) is 5. The summed E-state index contributed by atoms with van der Waals surface area (Å²) in [5, 5.41) is 4.44. The summed E-state index contributed by atoms with van der Waals surface area (Å²) < 4.78 is 0. The fraction of sp³-hybridized carbons (Fsp3) is 0.100. The van der Waals surface area contributed by atoms with Crippen LogP contribution in [0, 0.1) is 0 Å². The van der Waals surface area contributed by atoms with Crippen molar-refractivity contribution in [2.24, 2.45) is 5.73 Å². The maximum Gasteiger partial charge on any atom is 0.268 e. The molecule has 0 saturated heterocycles. The summed E-state index contributed by atoms with van der Waals surface area (Å²) in [5.74, 6) is -1.27. The van der Waals surface area contributed by atoms with E-state index in [0.29, 0.717) is 17.7 Å². The molecule has 3 aromatic rings. The molecule has 1 aliphatic rings. The minimum Gasteiger partial charge on any atom is -0.364 e. The van der Waals surface area contributed by atoms with Crippen molar-refractivity contribution >= 4 is 34.2 Å². The molecule has 7 nitrogen and oxygen atoms in total. The number of aromatic nitrogens is 1. The van der Waals surface area contributed by atoms with E-state index in [1.165, 1.54) is 10.3 Å². The van der Waals surface area contributed by atoms with E-state index in [-0.39, 0.29) is 16.7 Å². The molecule has 28 heavy (non-hydrogen) atoms. The van der Waals surface area contributed by atoms with Gasteiger partial charge in [-0.05, 0) is 17.2 Å². The van der Waals surface area contributed by atoms with Crippen molar-refractivity contribution in [2.45, 2.75) is 12.6 Å². The van der Waals surface area contributed by atoms with E-state index < -0.39 is 17.9 Å². The van der Waals surface area contributed by atoms with Crippen LogP contribution < -0.4 is 11.1 Å². The Bertz CT molecular complexity index is 1060. The van der Waals surface area contributed by atoms with Crippen LogP contribution in [0.15, 0.2) is 60.0 Å². The molecule has 1 aliphatic heterocycles. The van der Waals surface area contributed by atoms with Gasteiger partial charge in [-0.1, -0.05) is 48.5 Å². The molecule has 0 bridgehead atoms. The zero-order valence-corrected chi connectivity index (χ0v) is 15.5. The van der Waals surface area contributed by atoms with Crippen molar-refractivity contribution < 1.29 is 14.4 Å². The van der Waals surface area contributed by atoms with Crippen molar-refractivity contribution in [1.82, 2.24) is 9.88 Å². The Morgan fingerprint density at radius 3 is 2.50 bits per heavy atom. The van der Waals surface area contributed by atoms with Gasteiger partial charge in [-0.2, -0.15) is 0 Å². The number of hydrogen-bond donors (Lipinski definition) is 2. The smallest absolute Gasteiger partial charge is 0.268 e. The summed E-state index contributed by atoms with van der Waals surface area (Å²) in [6.45, 7) is 0.340. The van der Waals surface area contributed by atoms with Crippen LogP contribution in [0.2, 0.25) is 0 Å². The molecule has 0 radical (unpaired) electrons. The first kappa shape index (κ1) is 17.9. The van der Waals surface area contributed by atoms with Gasteiger partial charge in [-0.15, -0.1) is 11.3 Å². The number of primary amides is 1. The van der Waals surface area contributed by atoms with Crippen LogP contribution in [-0.4, -0.2) is 27.6 Å². The SMILES string of the molecule is NC(=O)c1csc(NC(=O)[C@@H](c2ccccc2)N2Cc3ccccc3C2=O)n1. The number of nitrogens with zero attached hydrogens (tertiary/aromatic N) is 2. The molecule has 0 saturated carbocycles. The second-order valence-corrected chi connectivity index (χ2v) is 7.15. The van der Waals surface area contributed by atoms with E-state index in [4.69, 9.17) is 5.73 Å². The normalized spacial score (nSPS) is 13.9. The number of anilines is 1. The predicted octanol–water partition coefficient (Wildman–Crippen LogP) is 2.58. The van der Waals surface area contributed by atoms with Crippen LogP contribution in [0.4, 0.5) is 5.13 Å². The highest BCUT2D eigenvalue weighted by molar-refractivity contribution is 7.14. The lowest BCUT2D eigenvalue weighted by molar-refractivity contribution is -0.120. The van der Waals surface area contributed by atoms with Gasteiger partial charge in [0.05, 0.1) is 0 Å². The number of thiazole rings is 1. The molecule has 4 rings (SSSR count). The van der Waals surface area contributed by atoms with Crippen molar-refractivity contribution in [2.75, 3.05) is 5.32 Å². The molecule has 0 fully saturated rings. The third-order valence-corrected chi connectivity index (χ3v) is 5.27. The Kier molecular flexibility index (Phi) is 4.62. The molecule has 3 amide bonds. The maximum absolute atomic E-state index is 13.1. The van der Waals surface area contributed by atoms with Crippen LogP contribution in [-0.2, 0) is 11.3 Å². The van der Waals surface area contributed by atoms with E-state index in [0.717, 1.165) is 16.9 Å². The highest BCUT2D eigenvalue weighted by atomic mass is 32.1. The van der Waals surface area contributed by atoms with Gasteiger partial charge in [0, 0.05) is 17.5 Å². The van der Waals surface area contributed by atoms with E-state index in [9.17, 15) is 14.4 Å². The molecule has 1 atom stereocenters. The average molecular weight is 392 g/mol. The zero-order chi connectivity index (χ0) is 19.7. The number of rotatable bonds is 5. The van der Waals surface area contributed by atoms with Crippen LogP contribution in [0.3, 0.4) is 0 Å². The summed E-state index contributed by atoms with van der Waals surface area (Å²) in [5.41, 5.74) is 7.47. The molecule has 3 N–H and O–H groups in total. The Labute approximate surface area is 164 Å². The minimum absolute atomic E-state index is 0.0845. The minimum atomic E-state index is -0.831. The predicted molar refractivity (Wildman–Crippen MR) is 105 cm³/mol. The number of nitrogens with one attached hydrogen (secondary N) is 1. The van der Waals surface area contributed by atoms with Crippen LogP contribution in [0.5, 0.6) is 0 Å². The molecule has 0 aliphatic carbocycles. The van der Waals surface area contributed by atoms with E-state index in [1.807, 2.05) is 30.3 Å². The lowest BCUT2D eigenvalue weighted by Crippen LogP contribution is -2.37. The summed E-state index contributed by atoms with van der Waals surface area (Å²) >= 11 is 1.10. The number of nitrogens with two attached hydrogens (primary N) is 1. The van der Waals surface area contributed by atoms with Crippen molar-refractivity contribution in [3.05, 3.63) is 82.4 Å². The number of benzene rings is 2. The second-order valence-electron chi connectivity index (χ2n) is 6.29. The fourth-order valence-electron chi connectivity index (χ4n) is 3.21. The lowest BCUT2D eigenvalue weighted by Gasteiger charge is -2.27. The number of carbonyl (C=O) groups excluding carboxylic acids is 3. The number of fused-ring (bicyclic) bond motifs is 1. The van der Waals surface area contributed by atoms with Crippen LogP contribution >= 0.6 is 11.3 Å². The highest BCUT2D eigenvalue weighted by Crippen LogP contribution is 2.32. The molecule has 2 heterocycles. The van der Waals surface area contributed by atoms with E-state index >= 15 is 0 Å². The summed E-state index contributed by atoms with van der Waals surface area (Å²) in [7, 11) is 0. The van der Waals surface area contributed by atoms with Gasteiger partial charge < -0.3 is 10.6 Å². The Balaban J connectivity index is 1.66. The molecule has 140 valence electrons. The zero-order valence-electron chi connectivity index (χ0n) is 14.7. The summed E-state index contributed by atoms with van der Waals surface area (Å²) in [6.07, 6.45) is 0.